The van der Waals surface area contributed by atoms with Crippen LogP contribution in [0.25, 0.3) is 10.8 Å². The number of hydrogen-bond donors (Lipinski definition) is 2. The summed E-state index contributed by atoms with van der Waals surface area (Å²) in [4.78, 5) is 17.6. The molecule has 1 aliphatic rings. The summed E-state index contributed by atoms with van der Waals surface area (Å²) in [5.74, 6) is 1.90. The number of rotatable bonds is 4. The lowest BCUT2D eigenvalue weighted by Crippen LogP contribution is -2.39. The molecule has 0 aliphatic heterocycles. The van der Waals surface area contributed by atoms with Gasteiger partial charge in [-0.1, -0.05) is 6.42 Å². The summed E-state index contributed by atoms with van der Waals surface area (Å²) < 4.78 is 5.59. The van der Waals surface area contributed by atoms with Crippen LogP contribution in [0.3, 0.4) is 0 Å². The molecule has 1 amide bonds. The van der Waals surface area contributed by atoms with Gasteiger partial charge in [0, 0.05) is 6.04 Å². The van der Waals surface area contributed by atoms with E-state index in [0.717, 1.165) is 35.7 Å². The molecule has 5 nitrogen and oxygen atoms in total. The van der Waals surface area contributed by atoms with Crippen molar-refractivity contribution in [3.63, 3.8) is 0 Å². The number of nitrogens with two attached hydrogens (primary N) is 1. The predicted molar refractivity (Wildman–Crippen MR) is 86.9 cm³/mol. The summed E-state index contributed by atoms with van der Waals surface area (Å²) in [7, 11) is 0. The van der Waals surface area contributed by atoms with Crippen LogP contribution < -0.4 is 11.1 Å². The number of carbonyl (C=O) groups is 1. The second-order valence-electron chi connectivity index (χ2n) is 5.85. The molecule has 3 rings (SSSR count). The first-order chi connectivity index (χ1) is 10.6. The highest BCUT2D eigenvalue weighted by Gasteiger charge is 2.29. The van der Waals surface area contributed by atoms with Crippen LogP contribution in [0.1, 0.15) is 40.4 Å². The van der Waals surface area contributed by atoms with Crippen molar-refractivity contribution in [1.29, 1.82) is 0 Å². The molecule has 0 aromatic carbocycles. The standard InChI is InChI=1S/C16H21N3O2S/c1-9-6-7-13(21-9)16-18-10(2)14(22-16)15(20)19-12-5-3-4-11(12)8-17/h6-7,11-12H,3-5,8,17H2,1-2H3,(H,19,20). The molecule has 118 valence electrons. The molecule has 0 radical (unpaired) electrons. The molecular formula is C16H21N3O2S. The first-order valence-corrected chi connectivity index (χ1v) is 8.45. The van der Waals surface area contributed by atoms with Crippen molar-refractivity contribution in [3.05, 3.63) is 28.5 Å². The molecule has 2 unspecified atom stereocenters. The van der Waals surface area contributed by atoms with Gasteiger partial charge < -0.3 is 15.5 Å². The van der Waals surface area contributed by atoms with Crippen LogP contribution in [0, 0.1) is 19.8 Å². The number of thiazole rings is 1. The maximum Gasteiger partial charge on any atom is 0.263 e. The fourth-order valence-electron chi connectivity index (χ4n) is 3.00. The Morgan fingerprint density at radius 1 is 1.45 bits per heavy atom. The Labute approximate surface area is 133 Å². The molecule has 1 saturated carbocycles. The number of carbonyl (C=O) groups excluding carboxylic acids is 1. The van der Waals surface area contributed by atoms with E-state index in [2.05, 4.69) is 10.3 Å². The summed E-state index contributed by atoms with van der Waals surface area (Å²) in [6, 6.07) is 3.97. The Kier molecular flexibility index (Phi) is 4.31. The average Bonchev–Trinajstić information content (AvgIpc) is 3.18. The van der Waals surface area contributed by atoms with Gasteiger partial charge in [0.05, 0.1) is 5.69 Å². The average molecular weight is 319 g/mol. The van der Waals surface area contributed by atoms with Gasteiger partial charge >= 0.3 is 0 Å². The molecule has 2 atom stereocenters. The van der Waals surface area contributed by atoms with Crippen LogP contribution in [-0.2, 0) is 0 Å². The Morgan fingerprint density at radius 3 is 2.95 bits per heavy atom. The maximum absolute atomic E-state index is 12.5. The van der Waals surface area contributed by atoms with E-state index < -0.39 is 0 Å². The zero-order chi connectivity index (χ0) is 15.7. The predicted octanol–water partition coefficient (Wildman–Crippen LogP) is 2.88. The third-order valence-electron chi connectivity index (χ3n) is 4.23. The van der Waals surface area contributed by atoms with E-state index in [0.29, 0.717) is 23.1 Å². The van der Waals surface area contributed by atoms with Crippen LogP contribution in [0.5, 0.6) is 0 Å². The number of nitrogens with one attached hydrogen (secondary N) is 1. The Bertz CT molecular complexity index is 677. The molecule has 1 fully saturated rings. The lowest BCUT2D eigenvalue weighted by molar-refractivity contribution is 0.0932. The number of nitrogens with zero attached hydrogens (tertiary/aromatic N) is 1. The van der Waals surface area contributed by atoms with Crippen LogP contribution >= 0.6 is 11.3 Å². The van der Waals surface area contributed by atoms with E-state index in [9.17, 15) is 4.79 Å². The van der Waals surface area contributed by atoms with E-state index in [4.69, 9.17) is 10.2 Å². The number of aryl methyl sites for hydroxylation is 2. The van der Waals surface area contributed by atoms with Crippen molar-refractivity contribution in [2.75, 3.05) is 6.54 Å². The van der Waals surface area contributed by atoms with Crippen molar-refractivity contribution in [3.8, 4) is 10.8 Å². The second-order valence-corrected chi connectivity index (χ2v) is 6.85. The molecule has 0 bridgehead atoms. The van der Waals surface area contributed by atoms with Gasteiger partial charge in [-0.25, -0.2) is 4.98 Å². The third kappa shape index (κ3) is 2.94. The monoisotopic (exact) mass is 319 g/mol. The van der Waals surface area contributed by atoms with Crippen molar-refractivity contribution in [1.82, 2.24) is 10.3 Å². The Hall–Kier alpha value is -1.66. The first kappa shape index (κ1) is 15.2. The minimum Gasteiger partial charge on any atom is -0.459 e. The van der Waals surface area contributed by atoms with E-state index in [-0.39, 0.29) is 11.9 Å². The van der Waals surface area contributed by atoms with E-state index in [1.807, 2.05) is 26.0 Å². The second kappa shape index (κ2) is 6.22. The van der Waals surface area contributed by atoms with Crippen molar-refractivity contribution in [2.24, 2.45) is 11.7 Å². The van der Waals surface area contributed by atoms with Gasteiger partial charge in [0.15, 0.2) is 10.8 Å². The van der Waals surface area contributed by atoms with Crippen molar-refractivity contribution >= 4 is 17.2 Å². The number of furan rings is 1. The summed E-state index contributed by atoms with van der Waals surface area (Å²) in [6.45, 7) is 4.38. The SMILES string of the molecule is Cc1ccc(-c2nc(C)c(C(=O)NC3CCCC3CN)s2)o1. The molecular weight excluding hydrogens is 298 g/mol. The van der Waals surface area contributed by atoms with Gasteiger partial charge in [-0.15, -0.1) is 11.3 Å². The molecule has 0 saturated heterocycles. The van der Waals surface area contributed by atoms with E-state index >= 15 is 0 Å². The summed E-state index contributed by atoms with van der Waals surface area (Å²) >= 11 is 1.38. The zero-order valence-electron chi connectivity index (χ0n) is 12.9. The van der Waals surface area contributed by atoms with Crippen LogP contribution in [0.15, 0.2) is 16.5 Å². The molecule has 6 heteroatoms. The highest BCUT2D eigenvalue weighted by Crippen LogP contribution is 2.30. The Morgan fingerprint density at radius 2 is 2.27 bits per heavy atom. The van der Waals surface area contributed by atoms with Gasteiger partial charge in [0.2, 0.25) is 0 Å². The minimum absolute atomic E-state index is 0.0464. The molecule has 2 heterocycles. The number of amides is 1. The fraction of sp³-hybridized carbons (Fsp3) is 0.500. The minimum atomic E-state index is -0.0464. The smallest absolute Gasteiger partial charge is 0.263 e. The lowest BCUT2D eigenvalue weighted by atomic mass is 10.0. The summed E-state index contributed by atoms with van der Waals surface area (Å²) in [5.41, 5.74) is 6.52. The van der Waals surface area contributed by atoms with Gasteiger partial charge in [0.25, 0.3) is 5.91 Å². The van der Waals surface area contributed by atoms with Crippen LogP contribution in [0.2, 0.25) is 0 Å². The zero-order valence-corrected chi connectivity index (χ0v) is 13.7. The normalized spacial score (nSPS) is 21.2. The van der Waals surface area contributed by atoms with Gasteiger partial charge in [-0.3, -0.25) is 4.79 Å². The molecule has 0 spiro atoms. The summed E-state index contributed by atoms with van der Waals surface area (Å²) in [6.07, 6.45) is 3.24. The highest BCUT2D eigenvalue weighted by atomic mass is 32.1. The lowest BCUT2D eigenvalue weighted by Gasteiger charge is -2.19. The van der Waals surface area contributed by atoms with Gasteiger partial charge in [0.1, 0.15) is 10.6 Å². The van der Waals surface area contributed by atoms with E-state index in [1.54, 1.807) is 0 Å². The fourth-order valence-corrected chi connectivity index (χ4v) is 3.94. The van der Waals surface area contributed by atoms with Crippen molar-refractivity contribution < 1.29 is 9.21 Å². The van der Waals surface area contributed by atoms with Crippen LogP contribution in [-0.4, -0.2) is 23.5 Å². The third-order valence-corrected chi connectivity index (χ3v) is 5.40. The van der Waals surface area contributed by atoms with Crippen molar-refractivity contribution in [2.45, 2.75) is 39.2 Å². The maximum atomic E-state index is 12.5. The summed E-state index contributed by atoms with van der Waals surface area (Å²) in [5, 5.41) is 3.88. The molecule has 1 aliphatic carbocycles. The number of hydrogen-bond acceptors (Lipinski definition) is 5. The van der Waals surface area contributed by atoms with Gasteiger partial charge in [-0.05, 0) is 51.3 Å². The molecule has 2 aromatic rings. The molecule has 3 N–H and O–H groups in total. The molecule has 22 heavy (non-hydrogen) atoms. The Balaban J connectivity index is 1.77. The highest BCUT2D eigenvalue weighted by molar-refractivity contribution is 7.17. The first-order valence-electron chi connectivity index (χ1n) is 7.63. The largest absolute Gasteiger partial charge is 0.459 e. The molecule has 2 aromatic heterocycles. The quantitative estimate of drug-likeness (QED) is 0.908. The van der Waals surface area contributed by atoms with Crippen LogP contribution in [0.4, 0.5) is 0 Å². The topological polar surface area (TPSA) is 81.2 Å². The van der Waals surface area contributed by atoms with E-state index in [1.165, 1.54) is 11.3 Å². The van der Waals surface area contributed by atoms with Gasteiger partial charge in [-0.2, -0.15) is 0 Å². The number of aromatic nitrogens is 1.